The van der Waals surface area contributed by atoms with E-state index in [4.69, 9.17) is 9.47 Å². The van der Waals surface area contributed by atoms with Crippen molar-refractivity contribution in [1.29, 1.82) is 0 Å². The zero-order valence-corrected chi connectivity index (χ0v) is 17.1. The van der Waals surface area contributed by atoms with Crippen LogP contribution in [-0.2, 0) is 6.42 Å². The lowest BCUT2D eigenvalue weighted by molar-refractivity contribution is 0.0742. The van der Waals surface area contributed by atoms with Crippen LogP contribution in [-0.4, -0.2) is 12.2 Å². The van der Waals surface area contributed by atoms with Crippen LogP contribution in [0.15, 0.2) is 12.1 Å². The summed E-state index contributed by atoms with van der Waals surface area (Å²) in [6.45, 7) is 11.9. The van der Waals surface area contributed by atoms with Gasteiger partial charge in [0.2, 0.25) is 0 Å². The summed E-state index contributed by atoms with van der Waals surface area (Å²) in [5, 5.41) is 0. The molecule has 1 unspecified atom stereocenters. The minimum atomic E-state index is -0.0738. The highest BCUT2D eigenvalue weighted by atomic mass is 16.5. The topological polar surface area (TPSA) is 18.5 Å². The van der Waals surface area contributed by atoms with Crippen LogP contribution in [0.5, 0.6) is 11.5 Å². The zero-order valence-electron chi connectivity index (χ0n) is 17.1. The third kappa shape index (κ3) is 5.94. The maximum absolute atomic E-state index is 6.29. The monoisotopic (exact) mass is 346 g/mol. The van der Waals surface area contributed by atoms with Crippen molar-refractivity contribution < 1.29 is 9.47 Å². The molecule has 1 aliphatic heterocycles. The van der Waals surface area contributed by atoms with E-state index in [1.54, 1.807) is 0 Å². The molecule has 2 nitrogen and oxygen atoms in total. The van der Waals surface area contributed by atoms with Crippen molar-refractivity contribution in [1.82, 2.24) is 0 Å². The maximum atomic E-state index is 6.29. The van der Waals surface area contributed by atoms with Gasteiger partial charge in [-0.3, -0.25) is 0 Å². The van der Waals surface area contributed by atoms with Crippen LogP contribution in [0.25, 0.3) is 0 Å². The van der Waals surface area contributed by atoms with Crippen molar-refractivity contribution >= 4 is 0 Å². The van der Waals surface area contributed by atoms with E-state index >= 15 is 0 Å². The van der Waals surface area contributed by atoms with Crippen molar-refractivity contribution in [3.05, 3.63) is 23.3 Å². The fourth-order valence-corrected chi connectivity index (χ4v) is 3.92. The van der Waals surface area contributed by atoms with Crippen LogP contribution in [0.3, 0.4) is 0 Å². The average Bonchev–Trinajstić information content (AvgIpc) is 2.55. The van der Waals surface area contributed by atoms with Crippen molar-refractivity contribution in [3.63, 3.8) is 0 Å². The fourth-order valence-electron chi connectivity index (χ4n) is 3.92. The Hall–Kier alpha value is -1.18. The van der Waals surface area contributed by atoms with E-state index in [-0.39, 0.29) is 5.60 Å². The quantitative estimate of drug-likeness (QED) is 0.423. The molecule has 2 rings (SSSR count). The standard InChI is InChI=1S/C23H38O2/c1-6-8-9-10-11-12-13-19-15-22-20(16-21(19)24-14-7-2)18(3)17-23(4,5)25-22/h15-16,18H,6-14,17H2,1-5H3. The van der Waals surface area contributed by atoms with Crippen LogP contribution in [0.2, 0.25) is 0 Å². The largest absolute Gasteiger partial charge is 0.493 e. The van der Waals surface area contributed by atoms with Gasteiger partial charge in [0.15, 0.2) is 0 Å². The molecule has 0 radical (unpaired) electrons. The van der Waals surface area contributed by atoms with E-state index in [2.05, 4.69) is 46.8 Å². The van der Waals surface area contributed by atoms with Gasteiger partial charge >= 0.3 is 0 Å². The Morgan fingerprint density at radius 1 is 1.04 bits per heavy atom. The molecule has 1 aliphatic rings. The summed E-state index contributed by atoms with van der Waals surface area (Å²) in [4.78, 5) is 0. The molecule has 1 heterocycles. The molecule has 0 saturated heterocycles. The molecule has 0 saturated carbocycles. The second kappa shape index (κ2) is 9.50. The molecule has 0 amide bonds. The molecule has 142 valence electrons. The summed E-state index contributed by atoms with van der Waals surface area (Å²) in [6.07, 6.45) is 11.2. The van der Waals surface area contributed by atoms with Gasteiger partial charge in [-0.25, -0.2) is 0 Å². The van der Waals surface area contributed by atoms with E-state index in [1.807, 2.05) is 0 Å². The molecule has 1 aromatic rings. The lowest BCUT2D eigenvalue weighted by Gasteiger charge is -2.37. The SMILES string of the molecule is CCCCCCCCc1cc2c(cc1OCCC)C(C)CC(C)(C)O2. The number of fused-ring (bicyclic) bond motifs is 1. The predicted octanol–water partition coefficient (Wildman–Crippen LogP) is 7.04. The normalized spacial score (nSPS) is 18.5. The molecule has 1 atom stereocenters. The Labute approximate surface area is 155 Å². The van der Waals surface area contributed by atoms with E-state index in [9.17, 15) is 0 Å². The number of unbranched alkanes of at least 4 members (excludes halogenated alkanes) is 5. The Morgan fingerprint density at radius 2 is 1.76 bits per heavy atom. The van der Waals surface area contributed by atoms with E-state index in [0.717, 1.165) is 37.4 Å². The molecule has 25 heavy (non-hydrogen) atoms. The third-order valence-corrected chi connectivity index (χ3v) is 5.17. The summed E-state index contributed by atoms with van der Waals surface area (Å²) in [5.74, 6) is 2.68. The van der Waals surface area contributed by atoms with Gasteiger partial charge in [0.1, 0.15) is 17.1 Å². The first kappa shape index (κ1) is 20.1. The Morgan fingerprint density at radius 3 is 2.48 bits per heavy atom. The minimum absolute atomic E-state index is 0.0738. The number of rotatable bonds is 10. The third-order valence-electron chi connectivity index (χ3n) is 5.17. The van der Waals surface area contributed by atoms with Gasteiger partial charge in [-0.05, 0) is 63.1 Å². The van der Waals surface area contributed by atoms with E-state index in [1.165, 1.54) is 49.7 Å². The summed E-state index contributed by atoms with van der Waals surface area (Å²) in [7, 11) is 0. The Kier molecular flexibility index (Phi) is 7.65. The summed E-state index contributed by atoms with van der Waals surface area (Å²) in [6, 6.07) is 4.53. The van der Waals surface area contributed by atoms with Gasteiger partial charge < -0.3 is 9.47 Å². The lowest BCUT2D eigenvalue weighted by Crippen LogP contribution is -2.34. The predicted molar refractivity (Wildman–Crippen MR) is 107 cm³/mol. The van der Waals surface area contributed by atoms with E-state index in [0.29, 0.717) is 5.92 Å². The van der Waals surface area contributed by atoms with Crippen LogP contribution in [0.1, 0.15) is 103 Å². The van der Waals surface area contributed by atoms with Crippen molar-refractivity contribution in [2.45, 2.75) is 104 Å². The minimum Gasteiger partial charge on any atom is -0.493 e. The highest BCUT2D eigenvalue weighted by Gasteiger charge is 2.32. The van der Waals surface area contributed by atoms with Crippen LogP contribution in [0.4, 0.5) is 0 Å². The number of hydrogen-bond donors (Lipinski definition) is 0. The summed E-state index contributed by atoms with van der Waals surface area (Å²) < 4.78 is 12.4. The highest BCUT2D eigenvalue weighted by molar-refractivity contribution is 5.49. The molecule has 1 aromatic carbocycles. The molecule has 2 heteroatoms. The second-order valence-electron chi connectivity index (χ2n) is 8.33. The van der Waals surface area contributed by atoms with Gasteiger partial charge in [0.05, 0.1) is 6.61 Å². The van der Waals surface area contributed by atoms with Gasteiger partial charge in [-0.1, -0.05) is 52.9 Å². The van der Waals surface area contributed by atoms with Gasteiger partial charge in [0, 0.05) is 5.56 Å². The molecule has 0 aromatic heterocycles. The lowest BCUT2D eigenvalue weighted by atomic mass is 9.84. The number of aryl methyl sites for hydroxylation is 1. The molecule has 0 fully saturated rings. The van der Waals surface area contributed by atoms with Crippen molar-refractivity contribution in [2.75, 3.05) is 6.61 Å². The summed E-state index contributed by atoms with van der Waals surface area (Å²) in [5.41, 5.74) is 2.57. The molecule has 0 N–H and O–H groups in total. The average molecular weight is 347 g/mol. The molecular weight excluding hydrogens is 308 g/mol. The first-order chi connectivity index (χ1) is 12.0. The van der Waals surface area contributed by atoms with Crippen LogP contribution >= 0.6 is 0 Å². The molecule has 0 aliphatic carbocycles. The Bertz CT molecular complexity index is 533. The number of hydrogen-bond acceptors (Lipinski definition) is 2. The van der Waals surface area contributed by atoms with Gasteiger partial charge in [-0.15, -0.1) is 0 Å². The van der Waals surface area contributed by atoms with Crippen LogP contribution < -0.4 is 9.47 Å². The van der Waals surface area contributed by atoms with Gasteiger partial charge in [-0.2, -0.15) is 0 Å². The number of benzene rings is 1. The molecular formula is C23H38O2. The Balaban J connectivity index is 2.10. The summed E-state index contributed by atoms with van der Waals surface area (Å²) >= 11 is 0. The fraction of sp³-hybridized carbons (Fsp3) is 0.739. The first-order valence-electron chi connectivity index (χ1n) is 10.5. The van der Waals surface area contributed by atoms with Crippen molar-refractivity contribution in [3.8, 4) is 11.5 Å². The zero-order chi connectivity index (χ0) is 18.3. The molecule has 0 bridgehead atoms. The highest BCUT2D eigenvalue weighted by Crippen LogP contribution is 2.43. The number of ether oxygens (including phenoxy) is 2. The van der Waals surface area contributed by atoms with Crippen molar-refractivity contribution in [2.24, 2.45) is 0 Å². The first-order valence-corrected chi connectivity index (χ1v) is 10.5. The molecule has 0 spiro atoms. The second-order valence-corrected chi connectivity index (χ2v) is 8.33. The van der Waals surface area contributed by atoms with Crippen LogP contribution in [0, 0.1) is 0 Å². The maximum Gasteiger partial charge on any atom is 0.124 e. The van der Waals surface area contributed by atoms with Gasteiger partial charge in [0.25, 0.3) is 0 Å². The van der Waals surface area contributed by atoms with E-state index < -0.39 is 0 Å². The smallest absolute Gasteiger partial charge is 0.124 e.